The molecule has 4 aromatic rings. The van der Waals surface area contributed by atoms with Crippen molar-refractivity contribution < 1.29 is 20.9 Å². The van der Waals surface area contributed by atoms with E-state index in [1.54, 1.807) is 0 Å². The summed E-state index contributed by atoms with van der Waals surface area (Å²) in [7, 11) is 0. The highest BCUT2D eigenvalue weighted by molar-refractivity contribution is 7.78. The highest BCUT2D eigenvalue weighted by Crippen LogP contribution is 1.98. The van der Waals surface area contributed by atoms with E-state index in [4.69, 9.17) is 79.6 Å². The van der Waals surface area contributed by atoms with E-state index in [2.05, 4.69) is 84.2 Å². The molecule has 4 heterocycles. The number of thiocarbonyl (C=S) groups is 2. The quantitative estimate of drug-likeness (QED) is 0.0616. The average Bonchev–Trinajstić information content (AvgIpc) is 2.77. The average molecular weight is 659 g/mol. The van der Waals surface area contributed by atoms with Crippen LogP contribution in [0.5, 0.6) is 0 Å². The van der Waals surface area contributed by atoms with Gasteiger partial charge in [0.2, 0.25) is 35.7 Å². The molecule has 4 rings (SSSR count). The van der Waals surface area contributed by atoms with Gasteiger partial charge in [0.15, 0.2) is 0 Å². The van der Waals surface area contributed by atoms with Crippen molar-refractivity contribution in [2.24, 2.45) is 0 Å². The van der Waals surface area contributed by atoms with Crippen molar-refractivity contribution >= 4 is 106 Å². The first-order valence-electron chi connectivity index (χ1n) is 9.79. The Kier molecular flexibility index (Phi) is 24.1. The molecule has 0 aromatic carbocycles. The van der Waals surface area contributed by atoms with Crippen LogP contribution in [0.25, 0.3) is 10.8 Å². The first kappa shape index (κ1) is 44.2. The van der Waals surface area contributed by atoms with Crippen molar-refractivity contribution in [2.45, 2.75) is 0 Å². The topological polar surface area (TPSA) is 577 Å². The maximum Gasteiger partial charge on any atom is 0.320 e. The number of rotatable bonds is 0. The Hall–Kier alpha value is -6.84. The summed E-state index contributed by atoms with van der Waals surface area (Å²) in [6.07, 6.45) is 0. The summed E-state index contributed by atoms with van der Waals surface area (Å²) in [5.74, 6) is 1.06. The van der Waals surface area contributed by atoms with E-state index in [0.29, 0.717) is 0 Å². The summed E-state index contributed by atoms with van der Waals surface area (Å²) in [5, 5.41) is 16.9. The smallest absolute Gasteiger partial charge is 0.320 e. The van der Waals surface area contributed by atoms with Crippen LogP contribution in [0.4, 0.5) is 71.4 Å². The third-order valence-electron chi connectivity index (χ3n) is 2.83. The number of nitrogens with zero attached hydrogens (tertiary/aromatic N) is 12. The second kappa shape index (κ2) is 24.0. The minimum atomic E-state index is 0. The largest absolute Gasteiger partial charge is 0.753 e. The highest BCUT2D eigenvalue weighted by Gasteiger charge is 2.02. The molecular weight excluding hydrogens is 628 g/mol. The van der Waals surface area contributed by atoms with Crippen LogP contribution in [-0.2, 0) is 0 Å². The first-order chi connectivity index (χ1) is 19.6. The minimum absolute atomic E-state index is 0. The van der Waals surface area contributed by atoms with Crippen molar-refractivity contribution in [3.8, 4) is 0 Å². The molecule has 0 atom stereocenters. The molecule has 0 saturated carbocycles. The molecule has 30 heteroatoms. The Morgan fingerprint density at radius 1 is 0.364 bits per heavy atom. The summed E-state index contributed by atoms with van der Waals surface area (Å²) in [6, 6.07) is 0. The monoisotopic (exact) mass is 658 g/mol. The van der Waals surface area contributed by atoms with Crippen LogP contribution in [0.15, 0.2) is 0 Å². The normalized spacial score (nSPS) is 8.00. The lowest BCUT2D eigenvalue weighted by molar-refractivity contribution is -0.351. The molecule has 0 unspecified atom stereocenters. The molecule has 0 aliphatic rings. The van der Waals surface area contributed by atoms with Gasteiger partial charge in [-0.3, -0.25) is 0 Å². The second-order valence-corrected chi connectivity index (χ2v) is 6.32. The molecule has 4 aromatic heterocycles. The maximum atomic E-state index is 7.13. The number of hydrogen-bond donors (Lipinski definition) is 12. The van der Waals surface area contributed by atoms with Crippen LogP contribution in [0.1, 0.15) is 0 Å². The summed E-state index contributed by atoms with van der Waals surface area (Å²) >= 11 is 7.40. The number of aromatic amines is 2. The standard InChI is InChI=1S/4C3H6N6.2CNS.2H2O/c4*4-1-7-2(5)9-3(6)8-1;2*2-1-3;;/h4*(H6,4,5,6,7,8,9);;;2*1H2/q;;;;2*-1;;/p+2. The number of aromatic nitrogens is 12. The van der Waals surface area contributed by atoms with Crippen LogP contribution < -0.4 is 78.8 Å². The first-order valence-corrected chi connectivity index (χ1v) is 10.6. The van der Waals surface area contributed by atoms with E-state index in [0.717, 1.165) is 0 Å². The number of anilines is 12. The molecule has 30 N–H and O–H groups in total. The Morgan fingerprint density at radius 3 is 0.591 bits per heavy atom. The van der Waals surface area contributed by atoms with Gasteiger partial charge in [-0.25, -0.2) is 9.97 Å². The molecule has 0 radical (unpaired) electrons. The molecule has 0 aliphatic heterocycles. The van der Waals surface area contributed by atoms with E-state index in [1.807, 2.05) is 0 Å². The zero-order valence-corrected chi connectivity index (χ0v) is 23.7. The van der Waals surface area contributed by atoms with E-state index in [1.165, 1.54) is 10.3 Å². The fourth-order valence-electron chi connectivity index (χ4n) is 1.77. The van der Waals surface area contributed by atoms with Gasteiger partial charge in [0.05, 0.1) is 0 Å². The number of nitrogens with one attached hydrogen (secondary N) is 2. The highest BCUT2D eigenvalue weighted by atomic mass is 32.1. The van der Waals surface area contributed by atoms with Crippen LogP contribution in [0, 0.1) is 0 Å². The van der Waals surface area contributed by atoms with Crippen LogP contribution in [-0.4, -0.2) is 71.1 Å². The fraction of sp³-hybridized carbons (Fsp3) is 0. The minimum Gasteiger partial charge on any atom is -0.753 e. The molecule has 28 nitrogen and oxygen atoms in total. The predicted octanol–water partition coefficient (Wildman–Crippen LogP) is -7.02. The lowest BCUT2D eigenvalue weighted by Crippen LogP contribution is -2.20. The molecule has 0 bridgehead atoms. The van der Waals surface area contributed by atoms with E-state index < -0.39 is 0 Å². The number of nitrogen functional groups attached to an aromatic ring is 12. The van der Waals surface area contributed by atoms with E-state index >= 15 is 0 Å². The number of nitrogens with two attached hydrogens (primary N) is 12. The van der Waals surface area contributed by atoms with Crippen LogP contribution >= 0.6 is 24.4 Å². The Balaban J connectivity index is -0.000000225. The Bertz CT molecular complexity index is 1070. The van der Waals surface area contributed by atoms with Crippen molar-refractivity contribution in [1.82, 2.24) is 49.8 Å². The third kappa shape index (κ3) is 24.2. The van der Waals surface area contributed by atoms with Gasteiger partial charge >= 0.3 is 35.7 Å². The van der Waals surface area contributed by atoms with Crippen molar-refractivity contribution in [1.29, 1.82) is 0 Å². The summed E-state index contributed by atoms with van der Waals surface area (Å²) < 4.78 is 0. The van der Waals surface area contributed by atoms with Crippen molar-refractivity contribution in [2.75, 3.05) is 68.8 Å². The number of hydrogen-bond acceptors (Lipinski definition) is 24. The molecule has 0 amide bonds. The van der Waals surface area contributed by atoms with Crippen LogP contribution in [0.2, 0.25) is 0 Å². The van der Waals surface area contributed by atoms with E-state index in [-0.39, 0.29) is 82.3 Å². The van der Waals surface area contributed by atoms with Crippen molar-refractivity contribution in [3.63, 3.8) is 0 Å². The van der Waals surface area contributed by atoms with E-state index in [9.17, 15) is 0 Å². The molecule has 44 heavy (non-hydrogen) atoms. The molecule has 0 spiro atoms. The van der Waals surface area contributed by atoms with Gasteiger partial charge in [0.1, 0.15) is 0 Å². The molecular formula is C14H30N26O2S2. The van der Waals surface area contributed by atoms with Crippen molar-refractivity contribution in [3.05, 3.63) is 10.8 Å². The van der Waals surface area contributed by atoms with Gasteiger partial charge in [-0.2, -0.15) is 40.2 Å². The molecule has 0 aliphatic carbocycles. The Morgan fingerprint density at radius 2 is 0.477 bits per heavy atom. The summed E-state index contributed by atoms with van der Waals surface area (Å²) in [6.45, 7) is 0. The van der Waals surface area contributed by atoms with Crippen LogP contribution in [0.3, 0.4) is 0 Å². The Labute approximate surface area is 256 Å². The molecule has 0 fully saturated rings. The van der Waals surface area contributed by atoms with Gasteiger partial charge in [0, 0.05) is 0 Å². The molecule has 0 saturated heterocycles. The number of H-pyrrole nitrogens is 2. The van der Waals surface area contributed by atoms with Gasteiger partial charge in [0.25, 0.3) is 0 Å². The maximum absolute atomic E-state index is 7.13. The SMILES string of the molecule is Nc1nc(N)[nH+]c(N)n1.Nc1nc(N)[nH+]c(N)n1.Nc1nc(N)nc(N)n1.Nc1nc(N)nc(N)n1.O.O.[N-]=C=S.[N-]=C=S. The predicted molar refractivity (Wildman–Crippen MR) is 169 cm³/mol. The summed E-state index contributed by atoms with van der Waals surface area (Å²) in [5.41, 5.74) is 61.9. The zero-order chi connectivity index (χ0) is 32.8. The van der Waals surface area contributed by atoms with Gasteiger partial charge in [-0.1, -0.05) is 44.4 Å². The lowest BCUT2D eigenvalue weighted by Gasteiger charge is -1.93. The third-order valence-corrected chi connectivity index (χ3v) is 2.83. The molecule has 240 valence electrons. The fourth-order valence-corrected chi connectivity index (χ4v) is 1.77. The summed E-state index contributed by atoms with van der Waals surface area (Å²) in [4.78, 5) is 40.0. The number of isothiocyanates is 2. The van der Waals surface area contributed by atoms with Gasteiger partial charge in [-0.15, -0.1) is 0 Å². The zero-order valence-electron chi connectivity index (χ0n) is 22.1. The second-order valence-electron chi connectivity index (χ2n) is 5.96. The lowest BCUT2D eigenvalue weighted by atomic mass is 10.9. The van der Waals surface area contributed by atoms with Gasteiger partial charge < -0.3 is 90.6 Å². The van der Waals surface area contributed by atoms with Gasteiger partial charge in [-0.05, 0) is 0 Å².